The van der Waals surface area contributed by atoms with Crippen molar-refractivity contribution in [2.75, 3.05) is 0 Å². The molecule has 0 nitrogen and oxygen atoms in total. The summed E-state index contributed by atoms with van der Waals surface area (Å²) >= 11 is 0. The zero-order chi connectivity index (χ0) is 25.9. The lowest BCUT2D eigenvalue weighted by atomic mass is 9.96. The van der Waals surface area contributed by atoms with Crippen LogP contribution < -0.4 is 0 Å². The Morgan fingerprint density at radius 3 is 1.32 bits per heavy atom. The summed E-state index contributed by atoms with van der Waals surface area (Å²) in [5.74, 6) is 0. The Labute approximate surface area is 223 Å². The van der Waals surface area contributed by atoms with Gasteiger partial charge in [-0.05, 0) is 72.2 Å². The fraction of sp³-hybridized carbons (Fsp3) is 0.222. The third-order valence-corrected chi connectivity index (χ3v) is 13.2. The van der Waals surface area contributed by atoms with Crippen molar-refractivity contribution in [3.05, 3.63) is 129 Å². The Balaban J connectivity index is 1.45. The summed E-state index contributed by atoms with van der Waals surface area (Å²) in [5, 5.41) is 0. The second-order valence-corrected chi connectivity index (χ2v) is 16.6. The SMILES string of the molecule is CC1=Cc2c(-c3cccc(C)c3)cccc2C1[Si](C)(C)C1C(C)=Cc2c(-c3cccc(C)c3)cccc21. The average Bonchev–Trinajstić information content (AvgIpc) is 3.39. The second kappa shape index (κ2) is 8.85. The van der Waals surface area contributed by atoms with Gasteiger partial charge in [-0.15, -0.1) is 0 Å². The molecule has 0 heterocycles. The maximum Gasteiger partial charge on any atom is 0.0722 e. The van der Waals surface area contributed by atoms with Crippen LogP contribution in [0.25, 0.3) is 34.4 Å². The molecule has 4 aromatic rings. The number of hydrogen-bond acceptors (Lipinski definition) is 0. The fourth-order valence-corrected chi connectivity index (χ4v) is 12.3. The summed E-state index contributed by atoms with van der Waals surface area (Å²) in [6.07, 6.45) is 4.98. The highest BCUT2D eigenvalue weighted by molar-refractivity contribution is 6.81. The van der Waals surface area contributed by atoms with E-state index in [1.54, 1.807) is 0 Å². The molecule has 0 N–H and O–H groups in total. The monoisotopic (exact) mass is 496 g/mol. The van der Waals surface area contributed by atoms with Gasteiger partial charge < -0.3 is 0 Å². The Bertz CT molecular complexity index is 1480. The molecule has 0 saturated heterocycles. The van der Waals surface area contributed by atoms with Crippen LogP contribution in [-0.4, -0.2) is 8.07 Å². The van der Waals surface area contributed by atoms with E-state index in [1.807, 2.05) is 0 Å². The highest BCUT2D eigenvalue weighted by Gasteiger charge is 2.47. The first-order chi connectivity index (χ1) is 17.8. The molecule has 4 aromatic carbocycles. The molecule has 0 amide bonds. The summed E-state index contributed by atoms with van der Waals surface area (Å²) < 4.78 is 0. The van der Waals surface area contributed by atoms with Crippen molar-refractivity contribution in [1.82, 2.24) is 0 Å². The van der Waals surface area contributed by atoms with Crippen LogP contribution in [0, 0.1) is 13.8 Å². The maximum atomic E-state index is 2.62. The van der Waals surface area contributed by atoms with Crippen LogP contribution in [0.5, 0.6) is 0 Å². The first-order valence-electron chi connectivity index (χ1n) is 13.5. The van der Waals surface area contributed by atoms with Gasteiger partial charge in [-0.1, -0.05) is 132 Å². The van der Waals surface area contributed by atoms with Crippen LogP contribution in [0.1, 0.15) is 58.3 Å². The number of aryl methyl sites for hydroxylation is 2. The molecule has 2 unspecified atom stereocenters. The van der Waals surface area contributed by atoms with Gasteiger partial charge in [0.1, 0.15) is 0 Å². The van der Waals surface area contributed by atoms with Gasteiger partial charge in [-0.2, -0.15) is 0 Å². The van der Waals surface area contributed by atoms with E-state index in [0.29, 0.717) is 11.1 Å². The molecule has 0 radical (unpaired) electrons. The molecule has 0 aromatic heterocycles. The minimum atomic E-state index is -1.87. The summed E-state index contributed by atoms with van der Waals surface area (Å²) in [5.41, 5.74) is 18.0. The Morgan fingerprint density at radius 2 is 0.919 bits per heavy atom. The van der Waals surface area contributed by atoms with Crippen LogP contribution in [0.4, 0.5) is 0 Å². The van der Waals surface area contributed by atoms with Crippen molar-refractivity contribution in [3.8, 4) is 22.3 Å². The molecule has 6 rings (SSSR count). The first-order valence-corrected chi connectivity index (χ1v) is 16.7. The van der Waals surface area contributed by atoms with E-state index in [9.17, 15) is 0 Å². The molecular formula is C36H36Si. The van der Waals surface area contributed by atoms with Gasteiger partial charge in [0, 0.05) is 11.1 Å². The lowest BCUT2D eigenvalue weighted by Crippen LogP contribution is -2.42. The van der Waals surface area contributed by atoms with E-state index in [4.69, 9.17) is 0 Å². The van der Waals surface area contributed by atoms with Crippen molar-refractivity contribution >= 4 is 20.2 Å². The molecule has 2 aliphatic carbocycles. The molecule has 1 heteroatoms. The highest BCUT2D eigenvalue weighted by Crippen LogP contribution is 2.54. The average molecular weight is 497 g/mol. The van der Waals surface area contributed by atoms with E-state index < -0.39 is 8.07 Å². The molecule has 2 aliphatic rings. The third-order valence-electron chi connectivity index (χ3n) is 8.70. The van der Waals surface area contributed by atoms with Crippen molar-refractivity contribution in [2.24, 2.45) is 0 Å². The van der Waals surface area contributed by atoms with Gasteiger partial charge in [0.25, 0.3) is 0 Å². The molecule has 0 aliphatic heterocycles. The Morgan fingerprint density at radius 1 is 0.514 bits per heavy atom. The van der Waals surface area contributed by atoms with E-state index in [-0.39, 0.29) is 0 Å². The second-order valence-electron chi connectivity index (χ2n) is 11.8. The lowest BCUT2D eigenvalue weighted by molar-refractivity contribution is 0.968. The van der Waals surface area contributed by atoms with Crippen molar-refractivity contribution < 1.29 is 0 Å². The molecule has 0 spiro atoms. The molecular weight excluding hydrogens is 460 g/mol. The topological polar surface area (TPSA) is 0 Å². The lowest BCUT2D eigenvalue weighted by Gasteiger charge is -2.39. The summed E-state index contributed by atoms with van der Waals surface area (Å²) in [6.45, 7) is 14.4. The van der Waals surface area contributed by atoms with E-state index in [2.05, 4.69) is 138 Å². The van der Waals surface area contributed by atoms with Crippen LogP contribution in [0.15, 0.2) is 96.1 Å². The molecule has 0 bridgehead atoms. The molecule has 0 fully saturated rings. The number of hydrogen-bond donors (Lipinski definition) is 0. The van der Waals surface area contributed by atoms with E-state index in [1.165, 1.54) is 66.8 Å². The number of allylic oxidation sites excluding steroid dienone is 2. The summed E-state index contributed by atoms with van der Waals surface area (Å²) in [6, 6.07) is 31.9. The highest BCUT2D eigenvalue weighted by atomic mass is 28.3. The van der Waals surface area contributed by atoms with Crippen LogP contribution in [0.3, 0.4) is 0 Å². The number of rotatable bonds is 4. The van der Waals surface area contributed by atoms with Gasteiger partial charge in [0.05, 0.1) is 8.07 Å². The van der Waals surface area contributed by atoms with E-state index in [0.717, 1.165) is 0 Å². The van der Waals surface area contributed by atoms with Crippen molar-refractivity contribution in [3.63, 3.8) is 0 Å². The van der Waals surface area contributed by atoms with Crippen molar-refractivity contribution in [1.29, 1.82) is 0 Å². The van der Waals surface area contributed by atoms with Gasteiger partial charge in [0.2, 0.25) is 0 Å². The van der Waals surface area contributed by atoms with Gasteiger partial charge in [0.15, 0.2) is 0 Å². The maximum absolute atomic E-state index is 2.62. The third kappa shape index (κ3) is 3.88. The smallest absolute Gasteiger partial charge is 0.0679 e. The standard InChI is InChI=1S/C36H36Si/c1-23-11-7-13-27(19-23)29-15-9-17-31-33(29)21-25(3)35(31)37(5,6)36-26(4)22-34-30(16-10-18-32(34)36)28-14-8-12-24(2)20-28/h7-22,35-36H,1-6H3. The first kappa shape index (κ1) is 23.9. The number of benzene rings is 4. The predicted molar refractivity (Wildman–Crippen MR) is 163 cm³/mol. The van der Waals surface area contributed by atoms with Crippen molar-refractivity contribution in [2.45, 2.75) is 51.9 Å². The largest absolute Gasteiger partial charge is 0.0722 e. The normalized spacial score (nSPS) is 18.3. The minimum absolute atomic E-state index is 0.509. The number of fused-ring (bicyclic) bond motifs is 2. The summed E-state index contributed by atoms with van der Waals surface area (Å²) in [7, 11) is -1.87. The Kier molecular flexibility index (Phi) is 5.73. The van der Waals surface area contributed by atoms with Gasteiger partial charge in [-0.3, -0.25) is 0 Å². The zero-order valence-corrected chi connectivity index (χ0v) is 23.9. The molecule has 184 valence electrons. The van der Waals surface area contributed by atoms with Crippen LogP contribution in [-0.2, 0) is 0 Å². The van der Waals surface area contributed by atoms with Crippen LogP contribution in [0.2, 0.25) is 13.1 Å². The van der Waals surface area contributed by atoms with E-state index >= 15 is 0 Å². The molecule has 37 heavy (non-hydrogen) atoms. The molecule has 0 saturated carbocycles. The van der Waals surface area contributed by atoms with Gasteiger partial charge in [-0.25, -0.2) is 0 Å². The zero-order valence-electron chi connectivity index (χ0n) is 22.9. The van der Waals surface area contributed by atoms with Crippen LogP contribution >= 0.6 is 0 Å². The summed E-state index contributed by atoms with van der Waals surface area (Å²) in [4.78, 5) is 0. The Hall–Kier alpha value is -3.42. The molecule has 2 atom stereocenters. The van der Waals surface area contributed by atoms with Gasteiger partial charge >= 0.3 is 0 Å². The predicted octanol–water partition coefficient (Wildman–Crippen LogP) is 10.1. The fourth-order valence-electron chi connectivity index (χ4n) is 7.37. The quantitative estimate of drug-likeness (QED) is 0.247. The minimum Gasteiger partial charge on any atom is -0.0679 e.